The second-order valence-electron chi connectivity index (χ2n) is 4.54. The van der Waals surface area contributed by atoms with E-state index >= 15 is 0 Å². The molecule has 1 fully saturated rings. The highest BCUT2D eigenvalue weighted by atomic mass is 32.2. The second-order valence-corrected chi connectivity index (χ2v) is 5.83. The number of benzene rings is 1. The van der Waals surface area contributed by atoms with Gasteiger partial charge in [0.1, 0.15) is 0 Å². The molecule has 0 aliphatic carbocycles. The summed E-state index contributed by atoms with van der Waals surface area (Å²) in [4.78, 5) is 11.7. The molecule has 1 aromatic carbocycles. The lowest BCUT2D eigenvalue weighted by Gasteiger charge is -2.21. The molecule has 1 aliphatic heterocycles. The monoisotopic (exact) mass is 264 g/mol. The van der Waals surface area contributed by atoms with Crippen LogP contribution in [0.1, 0.15) is 18.4 Å². The van der Waals surface area contributed by atoms with E-state index in [2.05, 4.69) is 10.6 Å². The standard InChI is InChI=1S/C14H20N2OS/c17-14(11-18-13-7-4-8-15-10-13)16-9-12-5-2-1-3-6-12/h1-3,5-6,13,15H,4,7-11H2,(H,16,17). The Bertz CT molecular complexity index is 363. The Morgan fingerprint density at radius 2 is 2.22 bits per heavy atom. The van der Waals surface area contributed by atoms with Crippen LogP contribution >= 0.6 is 11.8 Å². The summed E-state index contributed by atoms with van der Waals surface area (Å²) >= 11 is 1.77. The Labute approximate surface area is 113 Å². The molecule has 1 atom stereocenters. The van der Waals surface area contributed by atoms with Crippen molar-refractivity contribution < 1.29 is 4.79 Å². The smallest absolute Gasteiger partial charge is 0.230 e. The molecule has 0 saturated carbocycles. The van der Waals surface area contributed by atoms with Gasteiger partial charge in [0, 0.05) is 18.3 Å². The molecule has 3 nitrogen and oxygen atoms in total. The zero-order valence-electron chi connectivity index (χ0n) is 10.5. The van der Waals surface area contributed by atoms with Crippen molar-refractivity contribution in [3.63, 3.8) is 0 Å². The summed E-state index contributed by atoms with van der Waals surface area (Å²) in [5.41, 5.74) is 1.15. The Hall–Kier alpha value is -1.00. The Morgan fingerprint density at radius 3 is 2.94 bits per heavy atom. The van der Waals surface area contributed by atoms with Crippen LogP contribution in [0.2, 0.25) is 0 Å². The van der Waals surface area contributed by atoms with Gasteiger partial charge in [-0.05, 0) is 24.9 Å². The molecule has 4 heteroatoms. The van der Waals surface area contributed by atoms with E-state index in [-0.39, 0.29) is 5.91 Å². The molecule has 1 amide bonds. The SMILES string of the molecule is O=C(CSC1CCCNC1)NCc1ccccc1. The van der Waals surface area contributed by atoms with Crippen LogP contribution in [0.4, 0.5) is 0 Å². The van der Waals surface area contributed by atoms with Crippen LogP contribution in [0.5, 0.6) is 0 Å². The van der Waals surface area contributed by atoms with Crippen LogP contribution in [0.3, 0.4) is 0 Å². The zero-order chi connectivity index (χ0) is 12.6. The summed E-state index contributed by atoms with van der Waals surface area (Å²) in [6.45, 7) is 2.79. The normalized spacial score (nSPS) is 19.4. The van der Waals surface area contributed by atoms with Crippen molar-refractivity contribution in [1.29, 1.82) is 0 Å². The third kappa shape index (κ3) is 4.70. The highest BCUT2D eigenvalue weighted by Crippen LogP contribution is 2.17. The van der Waals surface area contributed by atoms with Crippen LogP contribution in [0.25, 0.3) is 0 Å². The van der Waals surface area contributed by atoms with E-state index < -0.39 is 0 Å². The summed E-state index contributed by atoms with van der Waals surface area (Å²) < 4.78 is 0. The van der Waals surface area contributed by atoms with E-state index in [1.165, 1.54) is 12.8 Å². The van der Waals surface area contributed by atoms with Crippen molar-refractivity contribution in [3.05, 3.63) is 35.9 Å². The Morgan fingerprint density at radius 1 is 1.39 bits per heavy atom. The lowest BCUT2D eigenvalue weighted by molar-refractivity contribution is -0.118. The van der Waals surface area contributed by atoms with Crippen molar-refractivity contribution >= 4 is 17.7 Å². The number of nitrogens with one attached hydrogen (secondary N) is 2. The summed E-state index contributed by atoms with van der Waals surface area (Å²) in [5.74, 6) is 0.702. The molecule has 0 radical (unpaired) electrons. The summed E-state index contributed by atoms with van der Waals surface area (Å²) in [7, 11) is 0. The van der Waals surface area contributed by atoms with Gasteiger partial charge in [0.05, 0.1) is 5.75 Å². The van der Waals surface area contributed by atoms with E-state index in [1.54, 1.807) is 11.8 Å². The molecule has 2 rings (SSSR count). The minimum absolute atomic E-state index is 0.134. The third-order valence-electron chi connectivity index (χ3n) is 3.03. The second kappa shape index (κ2) is 7.44. The van der Waals surface area contributed by atoms with Gasteiger partial charge in [0.2, 0.25) is 5.91 Å². The molecule has 1 unspecified atom stereocenters. The summed E-state index contributed by atoms with van der Waals surface area (Å²) in [6.07, 6.45) is 2.45. The predicted molar refractivity (Wildman–Crippen MR) is 76.6 cm³/mol. The molecule has 1 saturated heterocycles. The quantitative estimate of drug-likeness (QED) is 0.852. The van der Waals surface area contributed by atoms with Gasteiger partial charge in [-0.1, -0.05) is 30.3 Å². The van der Waals surface area contributed by atoms with Gasteiger partial charge < -0.3 is 10.6 Å². The molecule has 1 aromatic rings. The van der Waals surface area contributed by atoms with Crippen LogP contribution in [0.15, 0.2) is 30.3 Å². The first kappa shape index (κ1) is 13.4. The Balaban J connectivity index is 1.63. The fraction of sp³-hybridized carbons (Fsp3) is 0.500. The number of hydrogen-bond donors (Lipinski definition) is 2. The van der Waals surface area contributed by atoms with Gasteiger partial charge in [-0.3, -0.25) is 4.79 Å². The molecule has 18 heavy (non-hydrogen) atoms. The molecular formula is C14H20N2OS. The largest absolute Gasteiger partial charge is 0.351 e. The molecule has 98 valence electrons. The lowest BCUT2D eigenvalue weighted by atomic mass is 10.2. The van der Waals surface area contributed by atoms with E-state index in [1.807, 2.05) is 30.3 Å². The van der Waals surface area contributed by atoms with Gasteiger partial charge in [-0.2, -0.15) is 0 Å². The van der Waals surface area contributed by atoms with Crippen molar-refractivity contribution in [2.24, 2.45) is 0 Å². The minimum atomic E-state index is 0.134. The van der Waals surface area contributed by atoms with Crippen molar-refractivity contribution in [2.75, 3.05) is 18.8 Å². The van der Waals surface area contributed by atoms with Gasteiger partial charge in [0.15, 0.2) is 0 Å². The van der Waals surface area contributed by atoms with Gasteiger partial charge in [-0.25, -0.2) is 0 Å². The molecule has 0 aromatic heterocycles. The average molecular weight is 264 g/mol. The summed E-state index contributed by atoms with van der Waals surface area (Å²) in [6, 6.07) is 10.0. The first-order valence-corrected chi connectivity index (χ1v) is 7.52. The van der Waals surface area contributed by atoms with Gasteiger partial charge >= 0.3 is 0 Å². The van der Waals surface area contributed by atoms with Crippen LogP contribution in [-0.2, 0) is 11.3 Å². The predicted octanol–water partition coefficient (Wildman–Crippen LogP) is 1.79. The van der Waals surface area contributed by atoms with Crippen molar-refractivity contribution in [2.45, 2.75) is 24.6 Å². The fourth-order valence-corrected chi connectivity index (χ4v) is 3.06. The first-order chi connectivity index (χ1) is 8.84. The van der Waals surface area contributed by atoms with E-state index in [0.717, 1.165) is 18.7 Å². The average Bonchev–Trinajstić information content (AvgIpc) is 2.45. The zero-order valence-corrected chi connectivity index (χ0v) is 11.3. The van der Waals surface area contributed by atoms with Crippen LogP contribution in [0, 0.1) is 0 Å². The van der Waals surface area contributed by atoms with Crippen LogP contribution in [-0.4, -0.2) is 30.0 Å². The molecule has 1 heterocycles. The maximum Gasteiger partial charge on any atom is 0.230 e. The fourth-order valence-electron chi connectivity index (χ4n) is 2.00. The van der Waals surface area contributed by atoms with Gasteiger partial charge in [-0.15, -0.1) is 11.8 Å². The first-order valence-electron chi connectivity index (χ1n) is 6.47. The third-order valence-corrected chi connectivity index (χ3v) is 4.34. The van der Waals surface area contributed by atoms with E-state index in [4.69, 9.17) is 0 Å². The molecular weight excluding hydrogens is 244 g/mol. The number of amides is 1. The number of thioether (sulfide) groups is 1. The highest BCUT2D eigenvalue weighted by Gasteiger charge is 2.14. The molecule has 2 N–H and O–H groups in total. The maximum absolute atomic E-state index is 11.7. The maximum atomic E-state index is 11.7. The molecule has 0 bridgehead atoms. The number of rotatable bonds is 5. The minimum Gasteiger partial charge on any atom is -0.351 e. The number of piperidine rings is 1. The highest BCUT2D eigenvalue weighted by molar-refractivity contribution is 8.00. The van der Waals surface area contributed by atoms with Crippen molar-refractivity contribution in [1.82, 2.24) is 10.6 Å². The number of carbonyl (C=O) groups is 1. The van der Waals surface area contributed by atoms with E-state index in [0.29, 0.717) is 17.5 Å². The topological polar surface area (TPSA) is 41.1 Å². The summed E-state index contributed by atoms with van der Waals surface area (Å²) in [5, 5.41) is 6.92. The van der Waals surface area contributed by atoms with Crippen LogP contribution < -0.4 is 10.6 Å². The van der Waals surface area contributed by atoms with Gasteiger partial charge in [0.25, 0.3) is 0 Å². The van der Waals surface area contributed by atoms with Crippen molar-refractivity contribution in [3.8, 4) is 0 Å². The number of carbonyl (C=O) groups excluding carboxylic acids is 1. The lowest BCUT2D eigenvalue weighted by Crippen LogP contribution is -2.33. The van der Waals surface area contributed by atoms with E-state index in [9.17, 15) is 4.79 Å². The molecule has 0 spiro atoms. The Kier molecular flexibility index (Phi) is 5.55. The molecule has 1 aliphatic rings. The number of hydrogen-bond acceptors (Lipinski definition) is 3.